The predicted octanol–water partition coefficient (Wildman–Crippen LogP) is 2.57. The van der Waals surface area contributed by atoms with E-state index in [4.69, 9.17) is 23.7 Å². The monoisotopic (exact) mass is 360 g/mol. The maximum absolute atomic E-state index is 12.0. The number of methoxy groups -OCH3 is 4. The lowest BCUT2D eigenvalue weighted by molar-refractivity contribution is 0.0593. The highest BCUT2D eigenvalue weighted by molar-refractivity contribution is 7.30. The van der Waals surface area contributed by atoms with Crippen LogP contribution in [0.3, 0.4) is 0 Å². The van der Waals surface area contributed by atoms with Gasteiger partial charge in [0, 0.05) is 7.11 Å². The molecular weight excluding hydrogens is 344 g/mol. The lowest BCUT2D eigenvalue weighted by Gasteiger charge is -2.05. The van der Waals surface area contributed by atoms with Gasteiger partial charge in [-0.25, -0.2) is 9.59 Å². The van der Waals surface area contributed by atoms with E-state index in [2.05, 4.69) is 0 Å². The van der Waals surface area contributed by atoms with E-state index in [1.165, 1.54) is 21.3 Å². The van der Waals surface area contributed by atoms with E-state index >= 15 is 0 Å². The minimum atomic E-state index is -0.507. The van der Waals surface area contributed by atoms with Gasteiger partial charge < -0.3 is 23.7 Å². The van der Waals surface area contributed by atoms with Crippen LogP contribution in [0.2, 0.25) is 0 Å². The molecule has 23 heavy (non-hydrogen) atoms. The number of carbonyl (C=O) groups excluding carboxylic acids is 2. The van der Waals surface area contributed by atoms with Crippen molar-refractivity contribution in [3.63, 3.8) is 0 Å². The minimum Gasteiger partial charge on any atom is -0.493 e. The summed E-state index contributed by atoms with van der Waals surface area (Å²) in [6, 6.07) is 0. The van der Waals surface area contributed by atoms with Crippen LogP contribution in [-0.2, 0) is 14.2 Å². The van der Waals surface area contributed by atoms with Gasteiger partial charge in [-0.1, -0.05) is 0 Å². The van der Waals surface area contributed by atoms with Crippen molar-refractivity contribution in [1.29, 1.82) is 0 Å². The normalized spacial score (nSPS) is 10.6. The third-order valence-corrected chi connectivity index (χ3v) is 5.35. The van der Waals surface area contributed by atoms with Crippen molar-refractivity contribution < 1.29 is 33.3 Å². The van der Waals surface area contributed by atoms with Crippen molar-refractivity contribution in [2.45, 2.75) is 0 Å². The van der Waals surface area contributed by atoms with E-state index in [-0.39, 0.29) is 6.61 Å². The molecule has 0 atom stereocenters. The van der Waals surface area contributed by atoms with Crippen molar-refractivity contribution in [3.05, 3.63) is 9.75 Å². The molecule has 0 saturated carbocycles. The highest BCUT2D eigenvalue weighted by atomic mass is 32.1. The third-order valence-electron chi connectivity index (χ3n) is 2.92. The molecule has 9 heteroatoms. The number of carbonyl (C=O) groups is 2. The summed E-state index contributed by atoms with van der Waals surface area (Å²) in [7, 11) is 5.60. The average molecular weight is 360 g/mol. The molecule has 7 nitrogen and oxygen atoms in total. The largest absolute Gasteiger partial charge is 0.493 e. The molecule has 0 N–H and O–H groups in total. The van der Waals surface area contributed by atoms with Crippen molar-refractivity contribution in [3.8, 4) is 11.5 Å². The smallest absolute Gasteiger partial charge is 0.351 e. The SMILES string of the molecule is COCCOc1c(C(=O)OC)sc2c(OC)c(C(=O)OC)sc12. The predicted molar refractivity (Wildman–Crippen MR) is 86.3 cm³/mol. The Bertz CT molecular complexity index is 716. The number of esters is 2. The second kappa shape index (κ2) is 7.62. The van der Waals surface area contributed by atoms with Gasteiger partial charge in [0.15, 0.2) is 21.3 Å². The maximum atomic E-state index is 12.0. The number of fused-ring (bicyclic) bond motifs is 1. The standard InChI is InChI=1S/C14H16O7S2/c1-17-5-6-21-8-10-9(22-12(8)14(16)20-4)7(18-2)11(23-10)13(15)19-3/h5-6H2,1-4H3. The first-order chi connectivity index (χ1) is 11.1. The molecule has 0 aliphatic rings. The first-order valence-corrected chi connectivity index (χ1v) is 8.13. The summed E-state index contributed by atoms with van der Waals surface area (Å²) in [6.07, 6.45) is 0. The summed E-state index contributed by atoms with van der Waals surface area (Å²) in [5.74, 6) is -0.272. The highest BCUT2D eigenvalue weighted by Crippen LogP contribution is 2.49. The van der Waals surface area contributed by atoms with Crippen molar-refractivity contribution in [2.75, 3.05) is 41.7 Å². The fourth-order valence-corrected chi connectivity index (χ4v) is 4.45. The van der Waals surface area contributed by atoms with E-state index in [0.29, 0.717) is 37.3 Å². The zero-order chi connectivity index (χ0) is 17.0. The molecule has 0 saturated heterocycles. The summed E-state index contributed by atoms with van der Waals surface area (Å²) in [5.41, 5.74) is 0. The van der Waals surface area contributed by atoms with E-state index in [9.17, 15) is 9.59 Å². The van der Waals surface area contributed by atoms with Gasteiger partial charge in [0.05, 0.1) is 37.3 Å². The highest BCUT2D eigenvalue weighted by Gasteiger charge is 2.29. The van der Waals surface area contributed by atoms with Gasteiger partial charge in [-0.15, -0.1) is 22.7 Å². The van der Waals surface area contributed by atoms with E-state index in [1.807, 2.05) is 0 Å². The Morgan fingerprint density at radius 2 is 1.35 bits per heavy atom. The molecule has 0 aromatic carbocycles. The summed E-state index contributed by atoms with van der Waals surface area (Å²) in [5, 5.41) is 0. The number of ether oxygens (including phenoxy) is 5. The van der Waals surface area contributed by atoms with Gasteiger partial charge in [-0.3, -0.25) is 0 Å². The number of thiophene rings is 2. The van der Waals surface area contributed by atoms with Crippen molar-refractivity contribution in [2.24, 2.45) is 0 Å². The lowest BCUT2D eigenvalue weighted by Crippen LogP contribution is -2.07. The fraction of sp³-hybridized carbons (Fsp3) is 0.429. The van der Waals surface area contributed by atoms with Gasteiger partial charge in [0.25, 0.3) is 0 Å². The molecule has 2 heterocycles. The third kappa shape index (κ3) is 3.26. The molecule has 126 valence electrons. The summed E-state index contributed by atoms with van der Waals surface area (Å²) >= 11 is 2.30. The molecule has 0 aliphatic carbocycles. The first kappa shape index (κ1) is 17.5. The van der Waals surface area contributed by atoms with E-state index < -0.39 is 11.9 Å². The molecule has 0 amide bonds. The van der Waals surface area contributed by atoms with Crippen molar-refractivity contribution >= 4 is 44.0 Å². The van der Waals surface area contributed by atoms with E-state index in [1.54, 1.807) is 7.11 Å². The van der Waals surface area contributed by atoms with Crippen LogP contribution in [0.1, 0.15) is 19.3 Å². The van der Waals surface area contributed by atoms with Crippen LogP contribution in [0.5, 0.6) is 11.5 Å². The van der Waals surface area contributed by atoms with Crippen LogP contribution in [0.25, 0.3) is 9.40 Å². The Labute approximate surface area is 140 Å². The molecule has 0 radical (unpaired) electrons. The number of hydrogen-bond acceptors (Lipinski definition) is 9. The van der Waals surface area contributed by atoms with Crippen LogP contribution in [-0.4, -0.2) is 53.6 Å². The average Bonchev–Trinajstić information content (AvgIpc) is 3.09. The molecule has 2 aromatic rings. The number of rotatable bonds is 7. The zero-order valence-corrected chi connectivity index (χ0v) is 14.7. The lowest BCUT2D eigenvalue weighted by atomic mass is 10.3. The Hall–Kier alpha value is -1.84. The van der Waals surface area contributed by atoms with Crippen LogP contribution in [0.4, 0.5) is 0 Å². The van der Waals surface area contributed by atoms with E-state index in [0.717, 1.165) is 22.7 Å². The maximum Gasteiger partial charge on any atom is 0.351 e. The second-order valence-electron chi connectivity index (χ2n) is 4.21. The Morgan fingerprint density at radius 3 is 1.83 bits per heavy atom. The molecular formula is C14H16O7S2. The molecule has 0 aliphatic heterocycles. The Balaban J connectivity index is 2.59. The van der Waals surface area contributed by atoms with Crippen molar-refractivity contribution in [1.82, 2.24) is 0 Å². The molecule has 0 bridgehead atoms. The van der Waals surface area contributed by atoms with Gasteiger partial charge in [0.2, 0.25) is 0 Å². The quantitative estimate of drug-likeness (QED) is 0.554. The van der Waals surface area contributed by atoms with Gasteiger partial charge in [0.1, 0.15) is 6.61 Å². The molecule has 0 unspecified atom stereocenters. The summed E-state index contributed by atoms with van der Waals surface area (Å²) in [4.78, 5) is 24.5. The fourth-order valence-electron chi connectivity index (χ4n) is 1.89. The van der Waals surface area contributed by atoms with Gasteiger partial charge >= 0.3 is 11.9 Å². The van der Waals surface area contributed by atoms with Crippen LogP contribution < -0.4 is 9.47 Å². The Morgan fingerprint density at radius 1 is 0.826 bits per heavy atom. The van der Waals surface area contributed by atoms with Gasteiger partial charge in [-0.2, -0.15) is 0 Å². The minimum absolute atomic E-state index is 0.264. The topological polar surface area (TPSA) is 80.3 Å². The van der Waals surface area contributed by atoms with Crippen LogP contribution in [0.15, 0.2) is 0 Å². The Kier molecular flexibility index (Phi) is 5.80. The second-order valence-corrected chi connectivity index (χ2v) is 6.25. The van der Waals surface area contributed by atoms with Crippen LogP contribution in [0, 0.1) is 0 Å². The van der Waals surface area contributed by atoms with Crippen LogP contribution >= 0.6 is 22.7 Å². The summed E-state index contributed by atoms with van der Waals surface area (Å²) < 4.78 is 26.8. The molecule has 0 spiro atoms. The first-order valence-electron chi connectivity index (χ1n) is 6.50. The van der Waals surface area contributed by atoms with Gasteiger partial charge in [-0.05, 0) is 0 Å². The molecule has 0 fully saturated rings. The molecule has 2 rings (SSSR count). The number of hydrogen-bond donors (Lipinski definition) is 0. The zero-order valence-electron chi connectivity index (χ0n) is 13.1. The summed E-state index contributed by atoms with van der Waals surface area (Å²) in [6.45, 7) is 0.629. The molecule has 2 aromatic heterocycles.